The van der Waals surface area contributed by atoms with Crippen LogP contribution in [0.4, 0.5) is 5.69 Å². The van der Waals surface area contributed by atoms with Crippen molar-refractivity contribution in [3.63, 3.8) is 0 Å². The third-order valence-corrected chi connectivity index (χ3v) is 3.65. The van der Waals surface area contributed by atoms with E-state index in [-0.39, 0.29) is 11.8 Å². The van der Waals surface area contributed by atoms with Crippen molar-refractivity contribution in [1.29, 1.82) is 0 Å². The number of carbonyl (C=O) groups is 2. The number of nitrogen functional groups attached to an aromatic ring is 1. The minimum atomic E-state index is -0.394. The Balaban J connectivity index is 2.23. The summed E-state index contributed by atoms with van der Waals surface area (Å²) in [4.78, 5) is 25.7. The highest BCUT2D eigenvalue weighted by atomic mass is 35.5. The van der Waals surface area contributed by atoms with Gasteiger partial charge in [-0.15, -0.1) is 0 Å². The number of halogens is 1. The molecular weight excluding hydrogens is 266 g/mol. The van der Waals surface area contributed by atoms with Crippen molar-refractivity contribution in [2.75, 3.05) is 19.3 Å². The highest BCUT2D eigenvalue weighted by Gasteiger charge is 2.33. The van der Waals surface area contributed by atoms with Gasteiger partial charge < -0.3 is 16.0 Å². The Bertz CT molecular complexity index is 519. The molecule has 1 atom stereocenters. The standard InChI is InChI=1S/C13H16ClN3O2/c1-16-12(18)11-3-2-6-17(11)13(19)8-4-5-9(14)10(15)7-8/h4-5,7,11H,2-3,6,15H2,1H3,(H,16,18). The first kappa shape index (κ1) is 13.7. The number of hydrogen-bond donors (Lipinski definition) is 2. The SMILES string of the molecule is CNC(=O)C1CCCN1C(=O)c1ccc(Cl)c(N)c1. The van der Waals surface area contributed by atoms with Crippen molar-refractivity contribution >= 4 is 29.1 Å². The quantitative estimate of drug-likeness (QED) is 0.802. The van der Waals surface area contributed by atoms with Gasteiger partial charge in [-0.2, -0.15) is 0 Å². The summed E-state index contributed by atoms with van der Waals surface area (Å²) in [5.74, 6) is -0.317. The van der Waals surface area contributed by atoms with Gasteiger partial charge in [-0.1, -0.05) is 11.6 Å². The van der Waals surface area contributed by atoms with Crippen LogP contribution >= 0.6 is 11.6 Å². The second-order valence-electron chi connectivity index (χ2n) is 4.51. The van der Waals surface area contributed by atoms with Gasteiger partial charge in [0.15, 0.2) is 0 Å². The molecule has 3 N–H and O–H groups in total. The number of likely N-dealkylation sites (tertiary alicyclic amines) is 1. The van der Waals surface area contributed by atoms with Crippen LogP contribution in [0.15, 0.2) is 18.2 Å². The minimum absolute atomic E-state index is 0.132. The van der Waals surface area contributed by atoms with Crippen LogP contribution in [0, 0.1) is 0 Å². The Hall–Kier alpha value is -1.75. The molecule has 2 amide bonds. The molecule has 1 aromatic carbocycles. The summed E-state index contributed by atoms with van der Waals surface area (Å²) in [6.45, 7) is 0.583. The average molecular weight is 282 g/mol. The molecule has 5 nitrogen and oxygen atoms in total. The van der Waals surface area contributed by atoms with Crippen molar-refractivity contribution in [3.05, 3.63) is 28.8 Å². The predicted molar refractivity (Wildman–Crippen MR) is 74.0 cm³/mol. The molecule has 19 heavy (non-hydrogen) atoms. The van der Waals surface area contributed by atoms with Crippen LogP contribution in [0.5, 0.6) is 0 Å². The van der Waals surface area contributed by atoms with Crippen molar-refractivity contribution in [3.8, 4) is 0 Å². The molecule has 2 rings (SSSR count). The van der Waals surface area contributed by atoms with Crippen LogP contribution in [0.2, 0.25) is 5.02 Å². The van der Waals surface area contributed by atoms with E-state index in [2.05, 4.69) is 5.32 Å². The highest BCUT2D eigenvalue weighted by molar-refractivity contribution is 6.33. The maximum Gasteiger partial charge on any atom is 0.254 e. The predicted octanol–water partition coefficient (Wildman–Crippen LogP) is 1.27. The summed E-state index contributed by atoms with van der Waals surface area (Å²) in [5, 5.41) is 3.00. The monoisotopic (exact) mass is 281 g/mol. The van der Waals surface area contributed by atoms with Crippen LogP contribution in [-0.4, -0.2) is 36.3 Å². The fourth-order valence-electron chi connectivity index (χ4n) is 2.29. The minimum Gasteiger partial charge on any atom is -0.398 e. The number of rotatable bonds is 2. The number of nitrogens with two attached hydrogens (primary N) is 1. The topological polar surface area (TPSA) is 75.4 Å². The number of nitrogens with zero attached hydrogens (tertiary/aromatic N) is 1. The first-order valence-electron chi connectivity index (χ1n) is 6.12. The molecule has 0 radical (unpaired) electrons. The Kier molecular flexibility index (Phi) is 3.95. The van der Waals surface area contributed by atoms with Crippen molar-refractivity contribution in [2.45, 2.75) is 18.9 Å². The molecule has 0 aliphatic carbocycles. The lowest BCUT2D eigenvalue weighted by atomic mass is 10.1. The number of anilines is 1. The van der Waals surface area contributed by atoms with Gasteiger partial charge in [0.05, 0.1) is 10.7 Å². The summed E-state index contributed by atoms with van der Waals surface area (Å²) in [6, 6.07) is 4.37. The number of nitrogens with one attached hydrogen (secondary N) is 1. The Morgan fingerprint density at radius 3 is 2.84 bits per heavy atom. The normalized spacial score (nSPS) is 18.4. The van der Waals surface area contributed by atoms with Crippen LogP contribution in [0.1, 0.15) is 23.2 Å². The first-order chi connectivity index (χ1) is 9.04. The number of amides is 2. The molecule has 1 saturated heterocycles. The molecule has 0 saturated carbocycles. The maximum absolute atomic E-state index is 12.4. The van der Waals surface area contributed by atoms with Crippen molar-refractivity contribution in [2.24, 2.45) is 0 Å². The fourth-order valence-corrected chi connectivity index (χ4v) is 2.41. The first-order valence-corrected chi connectivity index (χ1v) is 6.50. The molecule has 0 aromatic heterocycles. The molecule has 1 fully saturated rings. The second-order valence-corrected chi connectivity index (χ2v) is 4.91. The van der Waals surface area contributed by atoms with Gasteiger partial charge in [-0.3, -0.25) is 9.59 Å². The van der Waals surface area contributed by atoms with Crippen LogP contribution in [0.25, 0.3) is 0 Å². The van der Waals surface area contributed by atoms with E-state index in [0.29, 0.717) is 29.2 Å². The van der Waals surface area contributed by atoms with E-state index in [1.807, 2.05) is 0 Å². The van der Waals surface area contributed by atoms with Crippen LogP contribution in [0.3, 0.4) is 0 Å². The van der Waals surface area contributed by atoms with Gasteiger partial charge in [-0.25, -0.2) is 0 Å². The Labute approximate surface area is 116 Å². The van der Waals surface area contributed by atoms with Gasteiger partial charge in [0.2, 0.25) is 5.91 Å². The average Bonchev–Trinajstić information content (AvgIpc) is 2.89. The van der Waals surface area contributed by atoms with E-state index >= 15 is 0 Å². The smallest absolute Gasteiger partial charge is 0.254 e. The summed E-state index contributed by atoms with van der Waals surface area (Å²) >= 11 is 5.83. The summed E-state index contributed by atoms with van der Waals surface area (Å²) in [5.41, 5.74) is 6.52. The van der Waals surface area contributed by atoms with Crippen LogP contribution in [-0.2, 0) is 4.79 Å². The Morgan fingerprint density at radius 1 is 1.47 bits per heavy atom. The number of hydrogen-bond acceptors (Lipinski definition) is 3. The van der Waals surface area contributed by atoms with E-state index in [4.69, 9.17) is 17.3 Å². The van der Waals surface area contributed by atoms with Gasteiger partial charge in [0.25, 0.3) is 5.91 Å². The molecular formula is C13H16ClN3O2. The zero-order chi connectivity index (χ0) is 14.0. The van der Waals surface area contributed by atoms with Gasteiger partial charge in [-0.05, 0) is 31.0 Å². The molecule has 1 unspecified atom stereocenters. The lowest BCUT2D eigenvalue weighted by Gasteiger charge is -2.23. The van der Waals surface area contributed by atoms with Crippen molar-refractivity contribution in [1.82, 2.24) is 10.2 Å². The third kappa shape index (κ3) is 2.66. The highest BCUT2D eigenvalue weighted by Crippen LogP contribution is 2.24. The van der Waals surface area contributed by atoms with E-state index < -0.39 is 6.04 Å². The van der Waals surface area contributed by atoms with Crippen molar-refractivity contribution < 1.29 is 9.59 Å². The number of carbonyl (C=O) groups excluding carboxylic acids is 2. The number of benzene rings is 1. The molecule has 6 heteroatoms. The second kappa shape index (κ2) is 5.48. The molecule has 1 aromatic rings. The molecule has 0 spiro atoms. The number of likely N-dealkylation sites (N-methyl/N-ethyl adjacent to an activating group) is 1. The van der Waals surface area contributed by atoms with Crippen LogP contribution < -0.4 is 11.1 Å². The van der Waals surface area contributed by atoms with E-state index in [9.17, 15) is 9.59 Å². The van der Waals surface area contributed by atoms with E-state index in [0.717, 1.165) is 6.42 Å². The summed E-state index contributed by atoms with van der Waals surface area (Å²) < 4.78 is 0. The van der Waals surface area contributed by atoms with Gasteiger partial charge >= 0.3 is 0 Å². The van der Waals surface area contributed by atoms with E-state index in [1.54, 1.807) is 30.1 Å². The molecule has 102 valence electrons. The zero-order valence-corrected chi connectivity index (χ0v) is 11.4. The zero-order valence-electron chi connectivity index (χ0n) is 10.6. The maximum atomic E-state index is 12.4. The molecule has 0 bridgehead atoms. The lowest BCUT2D eigenvalue weighted by Crippen LogP contribution is -2.44. The van der Waals surface area contributed by atoms with Gasteiger partial charge in [0.1, 0.15) is 6.04 Å². The summed E-state index contributed by atoms with van der Waals surface area (Å²) in [7, 11) is 1.57. The third-order valence-electron chi connectivity index (χ3n) is 3.31. The largest absolute Gasteiger partial charge is 0.398 e. The summed E-state index contributed by atoms with van der Waals surface area (Å²) in [6.07, 6.45) is 1.52. The fraction of sp³-hybridized carbons (Fsp3) is 0.385. The molecule has 1 aliphatic rings. The molecule has 1 heterocycles. The Morgan fingerprint density at radius 2 is 2.21 bits per heavy atom. The molecule has 1 aliphatic heterocycles. The van der Waals surface area contributed by atoms with E-state index in [1.165, 1.54) is 0 Å². The van der Waals surface area contributed by atoms with Gasteiger partial charge in [0, 0.05) is 19.2 Å². The lowest BCUT2D eigenvalue weighted by molar-refractivity contribution is -0.124.